The Kier molecular flexibility index (Phi) is 10.4. The summed E-state index contributed by atoms with van der Waals surface area (Å²) < 4.78 is 7.02. The van der Waals surface area contributed by atoms with Gasteiger partial charge in [0.25, 0.3) is 0 Å². The van der Waals surface area contributed by atoms with Crippen LogP contribution in [0.15, 0.2) is 175 Å². The summed E-state index contributed by atoms with van der Waals surface area (Å²) in [5.41, 5.74) is 20.1. The molecular formula is C60H39N5O. The zero-order valence-electron chi connectivity index (χ0n) is 36.2. The number of H-pyrrole nitrogens is 1. The van der Waals surface area contributed by atoms with E-state index in [9.17, 15) is 0 Å². The molecule has 1 N–H and O–H groups in total. The van der Waals surface area contributed by atoms with E-state index in [1.54, 1.807) is 24.8 Å². The highest BCUT2D eigenvalue weighted by Crippen LogP contribution is 2.39. The fourth-order valence-corrected chi connectivity index (χ4v) is 8.33. The molecular weight excluding hydrogens is 807 g/mol. The Morgan fingerprint density at radius 3 is 1.05 bits per heavy atom. The maximum absolute atomic E-state index is 7.02. The Hall–Kier alpha value is -9.10. The summed E-state index contributed by atoms with van der Waals surface area (Å²) in [5, 5.41) is 0. The predicted octanol–water partition coefficient (Wildman–Crippen LogP) is 13.8. The van der Waals surface area contributed by atoms with Gasteiger partial charge in [0.2, 0.25) is 0 Å². The van der Waals surface area contributed by atoms with Gasteiger partial charge in [0.1, 0.15) is 11.2 Å². The Balaban J connectivity index is 1.18. The molecule has 0 fully saturated rings. The molecule has 0 saturated heterocycles. The molecule has 0 spiro atoms. The van der Waals surface area contributed by atoms with E-state index < -0.39 is 0 Å². The SMILES string of the molecule is Cc1ccc(-c2c3nc(c(-c4ccc(C#Cc5ccncc5)cc4)c4ccc(o4)c(-c4ccc(C)cc4)c4nc(c(-c5ccc(C#Cc6ccncc6)cc5)c5ccc2[nH]5)C=C4)C=C3)cc1. The summed E-state index contributed by atoms with van der Waals surface area (Å²) in [4.78, 5) is 23.0. The van der Waals surface area contributed by atoms with Crippen LogP contribution in [0.1, 0.15) is 56.2 Å². The van der Waals surface area contributed by atoms with Crippen molar-refractivity contribution >= 4 is 46.5 Å². The number of aromatic nitrogens is 5. The molecule has 0 amide bonds. The van der Waals surface area contributed by atoms with E-state index in [0.29, 0.717) is 11.2 Å². The van der Waals surface area contributed by atoms with E-state index in [2.05, 4.69) is 174 Å². The zero-order chi connectivity index (χ0) is 44.4. The summed E-state index contributed by atoms with van der Waals surface area (Å²) in [6.45, 7) is 4.20. The second-order valence-electron chi connectivity index (χ2n) is 16.2. The van der Waals surface area contributed by atoms with Crippen LogP contribution in [0.2, 0.25) is 0 Å². The average molecular weight is 846 g/mol. The zero-order valence-corrected chi connectivity index (χ0v) is 36.2. The van der Waals surface area contributed by atoms with E-state index in [1.807, 2.05) is 48.5 Å². The Morgan fingerprint density at radius 1 is 0.348 bits per heavy atom. The fraction of sp³-hybridized carbons (Fsp3) is 0.0333. The first kappa shape index (κ1) is 39.7. The van der Waals surface area contributed by atoms with Crippen molar-refractivity contribution in [2.24, 2.45) is 0 Å². The number of hydrogen-bond donors (Lipinski definition) is 1. The highest BCUT2D eigenvalue weighted by atomic mass is 16.3. The number of aromatic amines is 1. The third-order valence-electron chi connectivity index (χ3n) is 11.7. The van der Waals surface area contributed by atoms with E-state index in [4.69, 9.17) is 14.4 Å². The largest absolute Gasteiger partial charge is 0.456 e. The van der Waals surface area contributed by atoms with Crippen LogP contribution < -0.4 is 0 Å². The first-order valence-corrected chi connectivity index (χ1v) is 21.8. The number of nitrogens with zero attached hydrogens (tertiary/aromatic N) is 4. The minimum atomic E-state index is 0.687. The molecule has 2 aliphatic rings. The smallest absolute Gasteiger partial charge is 0.137 e. The molecule has 0 atom stereocenters. The van der Waals surface area contributed by atoms with Crippen molar-refractivity contribution in [3.05, 3.63) is 227 Å². The number of aryl methyl sites for hydroxylation is 2. The van der Waals surface area contributed by atoms with Gasteiger partial charge in [-0.3, -0.25) is 9.97 Å². The van der Waals surface area contributed by atoms with Gasteiger partial charge in [-0.1, -0.05) is 108 Å². The van der Waals surface area contributed by atoms with E-state index in [0.717, 1.165) is 101 Å². The topological polar surface area (TPSA) is 80.5 Å². The van der Waals surface area contributed by atoms with Gasteiger partial charge in [-0.05, 0) is 133 Å². The molecule has 310 valence electrons. The number of hydrogen-bond acceptors (Lipinski definition) is 5. The molecule has 4 aromatic carbocycles. The van der Waals surface area contributed by atoms with Gasteiger partial charge in [0, 0.05) is 69.2 Å². The van der Waals surface area contributed by atoms with E-state index >= 15 is 0 Å². The van der Waals surface area contributed by atoms with Crippen molar-refractivity contribution in [1.29, 1.82) is 0 Å². The molecule has 2 aliphatic heterocycles. The van der Waals surface area contributed by atoms with Crippen LogP contribution in [0.25, 0.3) is 91.0 Å². The number of pyridine rings is 2. The van der Waals surface area contributed by atoms with Gasteiger partial charge in [-0.25, -0.2) is 9.97 Å². The minimum Gasteiger partial charge on any atom is -0.456 e. The molecule has 66 heavy (non-hydrogen) atoms. The quantitative estimate of drug-likeness (QED) is 0.179. The van der Waals surface area contributed by atoms with Crippen LogP contribution >= 0.6 is 0 Å². The molecule has 8 bridgehead atoms. The molecule has 0 radical (unpaired) electrons. The standard InChI is InChI=1S/C60H39N5O/c1-39-3-15-45(16-4-39)57-49-23-24-50(63-49)58(46-19-11-41(12-20-46)7-9-43-31-35-61-36-32-43)52-26-27-53(65-52)59(47-17-5-40(2)6-18-47)55-29-30-56(66-55)60(54-28-25-51(57)64-54)48-21-13-42(14-22-48)8-10-44-33-37-62-38-34-44/h3-6,11-38,63H,1-2H3. The van der Waals surface area contributed by atoms with Gasteiger partial charge in [0.15, 0.2) is 0 Å². The molecule has 0 aliphatic carbocycles. The van der Waals surface area contributed by atoms with Crippen molar-refractivity contribution < 1.29 is 4.42 Å². The van der Waals surface area contributed by atoms with E-state index in [1.165, 1.54) is 11.1 Å². The van der Waals surface area contributed by atoms with Crippen molar-refractivity contribution in [3.8, 4) is 68.2 Å². The van der Waals surface area contributed by atoms with Crippen molar-refractivity contribution in [1.82, 2.24) is 24.9 Å². The number of nitrogens with one attached hydrogen (secondary N) is 1. The average Bonchev–Trinajstić information content (AvgIpc) is 4.22. The summed E-state index contributed by atoms with van der Waals surface area (Å²) >= 11 is 0. The monoisotopic (exact) mass is 845 g/mol. The number of furan rings is 1. The van der Waals surface area contributed by atoms with Crippen LogP contribution in [0, 0.1) is 37.5 Å². The van der Waals surface area contributed by atoms with Crippen molar-refractivity contribution in [2.45, 2.75) is 13.8 Å². The predicted molar refractivity (Wildman–Crippen MR) is 268 cm³/mol. The van der Waals surface area contributed by atoms with Gasteiger partial charge in [0.05, 0.1) is 33.9 Å². The van der Waals surface area contributed by atoms with Crippen LogP contribution in [-0.4, -0.2) is 24.9 Å². The second kappa shape index (κ2) is 17.2. The van der Waals surface area contributed by atoms with Gasteiger partial charge in [-0.2, -0.15) is 0 Å². The lowest BCUT2D eigenvalue weighted by atomic mass is 10.0. The summed E-state index contributed by atoms with van der Waals surface area (Å²) in [6.07, 6.45) is 15.4. The molecule has 6 nitrogen and oxygen atoms in total. The summed E-state index contributed by atoms with van der Waals surface area (Å²) in [6, 6.07) is 49.8. The van der Waals surface area contributed by atoms with E-state index in [-0.39, 0.29) is 0 Å². The first-order chi connectivity index (χ1) is 32.5. The highest BCUT2D eigenvalue weighted by Gasteiger charge is 2.20. The Labute approximate surface area is 382 Å². The normalized spacial score (nSPS) is 11.4. The third-order valence-corrected chi connectivity index (χ3v) is 11.7. The lowest BCUT2D eigenvalue weighted by Crippen LogP contribution is -1.89. The maximum atomic E-state index is 7.02. The Bertz CT molecular complexity index is 3420. The van der Waals surface area contributed by atoms with Crippen LogP contribution in [0.5, 0.6) is 0 Å². The lowest BCUT2D eigenvalue weighted by Gasteiger charge is -2.07. The summed E-state index contributed by atoms with van der Waals surface area (Å²) in [5.74, 6) is 13.1. The lowest BCUT2D eigenvalue weighted by molar-refractivity contribution is 0.667. The van der Waals surface area contributed by atoms with Gasteiger partial charge in [-0.15, -0.1) is 0 Å². The van der Waals surface area contributed by atoms with Crippen LogP contribution in [0.4, 0.5) is 0 Å². The molecule has 6 heteroatoms. The second-order valence-corrected chi connectivity index (χ2v) is 16.2. The number of fused-ring (bicyclic) bond motifs is 8. The molecule has 0 saturated carbocycles. The number of benzene rings is 4. The molecule has 5 aromatic heterocycles. The molecule has 7 heterocycles. The third kappa shape index (κ3) is 8.03. The fourth-order valence-electron chi connectivity index (χ4n) is 8.33. The summed E-state index contributed by atoms with van der Waals surface area (Å²) in [7, 11) is 0. The van der Waals surface area contributed by atoms with Crippen molar-refractivity contribution in [3.63, 3.8) is 0 Å². The molecule has 9 aromatic rings. The van der Waals surface area contributed by atoms with Crippen molar-refractivity contribution in [2.75, 3.05) is 0 Å². The Morgan fingerprint density at radius 2 is 0.667 bits per heavy atom. The van der Waals surface area contributed by atoms with Crippen LogP contribution in [-0.2, 0) is 0 Å². The van der Waals surface area contributed by atoms with Gasteiger partial charge < -0.3 is 9.40 Å². The minimum absolute atomic E-state index is 0.687. The van der Waals surface area contributed by atoms with Gasteiger partial charge >= 0.3 is 0 Å². The van der Waals surface area contributed by atoms with Crippen LogP contribution in [0.3, 0.4) is 0 Å². The highest BCUT2D eigenvalue weighted by molar-refractivity contribution is 5.99. The number of rotatable bonds is 4. The molecule has 11 rings (SSSR count). The first-order valence-electron chi connectivity index (χ1n) is 21.8. The maximum Gasteiger partial charge on any atom is 0.137 e. The molecule has 0 unspecified atom stereocenters.